The minimum atomic E-state index is -0.695. The molecule has 0 saturated carbocycles. The molecule has 19 heavy (non-hydrogen) atoms. The van der Waals surface area contributed by atoms with Gasteiger partial charge in [0.25, 0.3) is 5.91 Å². The number of carbonyl (C=O) groups is 1. The Morgan fingerprint density at radius 2 is 2.21 bits per heavy atom. The lowest BCUT2D eigenvalue weighted by Gasteiger charge is -2.13. The van der Waals surface area contributed by atoms with Crippen LogP contribution in [0.1, 0.15) is 29.9 Å². The zero-order chi connectivity index (χ0) is 14.4. The van der Waals surface area contributed by atoms with Crippen LogP contribution in [0.15, 0.2) is 6.20 Å². The van der Waals surface area contributed by atoms with E-state index >= 15 is 0 Å². The maximum absolute atomic E-state index is 11.8. The van der Waals surface area contributed by atoms with Crippen molar-refractivity contribution in [1.82, 2.24) is 15.1 Å². The van der Waals surface area contributed by atoms with Crippen molar-refractivity contribution < 1.29 is 14.6 Å². The Labute approximate surface area is 113 Å². The first-order valence-electron chi connectivity index (χ1n) is 6.44. The molecule has 0 radical (unpaired) electrons. The molecule has 0 fully saturated rings. The van der Waals surface area contributed by atoms with Crippen LogP contribution >= 0.6 is 0 Å². The van der Waals surface area contributed by atoms with Gasteiger partial charge in [0.15, 0.2) is 0 Å². The molecular weight excluding hydrogens is 246 g/mol. The molecule has 1 aromatic rings. The summed E-state index contributed by atoms with van der Waals surface area (Å²) < 4.78 is 6.89. The summed E-state index contributed by atoms with van der Waals surface area (Å²) in [7, 11) is 1.76. The van der Waals surface area contributed by atoms with Gasteiger partial charge in [0.05, 0.1) is 24.0 Å². The lowest BCUT2D eigenvalue weighted by atomic mass is 10.2. The van der Waals surface area contributed by atoms with Crippen LogP contribution in [0.4, 0.5) is 0 Å². The number of aromatic nitrogens is 2. The molecule has 2 N–H and O–H groups in total. The van der Waals surface area contributed by atoms with Crippen molar-refractivity contribution in [2.45, 2.75) is 26.9 Å². The Hall–Kier alpha value is -1.40. The average molecular weight is 269 g/mol. The van der Waals surface area contributed by atoms with Gasteiger partial charge >= 0.3 is 0 Å². The third-order valence-electron chi connectivity index (χ3n) is 2.52. The number of nitrogens with zero attached hydrogens (tertiary/aromatic N) is 2. The third kappa shape index (κ3) is 5.40. The summed E-state index contributed by atoms with van der Waals surface area (Å²) in [4.78, 5) is 11.8. The van der Waals surface area contributed by atoms with E-state index in [1.807, 2.05) is 13.8 Å². The van der Waals surface area contributed by atoms with Crippen LogP contribution in [-0.2, 0) is 11.8 Å². The topological polar surface area (TPSA) is 76.4 Å². The van der Waals surface area contributed by atoms with Crippen LogP contribution in [0.2, 0.25) is 0 Å². The maximum atomic E-state index is 11.8. The molecule has 0 aromatic carbocycles. The summed E-state index contributed by atoms with van der Waals surface area (Å²) in [5, 5.41) is 16.4. The van der Waals surface area contributed by atoms with Gasteiger partial charge in [0.1, 0.15) is 0 Å². The fraction of sp³-hybridized carbons (Fsp3) is 0.692. The van der Waals surface area contributed by atoms with Crippen LogP contribution in [0.5, 0.6) is 0 Å². The molecule has 1 heterocycles. The second-order valence-electron chi connectivity index (χ2n) is 5.10. The predicted octanol–water partition coefficient (Wildman–Crippen LogP) is 0.492. The Morgan fingerprint density at radius 3 is 2.74 bits per heavy atom. The predicted molar refractivity (Wildman–Crippen MR) is 71.9 cm³/mol. The minimum Gasteiger partial charge on any atom is -0.389 e. The molecule has 0 aliphatic carbocycles. The maximum Gasteiger partial charge on any atom is 0.254 e. The van der Waals surface area contributed by atoms with Crippen molar-refractivity contribution in [1.29, 1.82) is 0 Å². The molecule has 1 atom stereocenters. The van der Waals surface area contributed by atoms with Crippen LogP contribution < -0.4 is 5.32 Å². The molecule has 1 amide bonds. The molecule has 0 aliphatic rings. The van der Waals surface area contributed by atoms with E-state index in [9.17, 15) is 9.90 Å². The minimum absolute atomic E-state index is 0.172. The number of carbonyl (C=O) groups excluding carboxylic acids is 1. The molecule has 6 heteroatoms. The van der Waals surface area contributed by atoms with Crippen LogP contribution in [0.3, 0.4) is 0 Å². The summed E-state index contributed by atoms with van der Waals surface area (Å²) in [6, 6.07) is 0. The van der Waals surface area contributed by atoms with E-state index in [-0.39, 0.29) is 19.1 Å². The summed E-state index contributed by atoms with van der Waals surface area (Å²) >= 11 is 0. The average Bonchev–Trinajstić information content (AvgIpc) is 2.65. The number of ether oxygens (including phenoxy) is 1. The Balaban J connectivity index is 2.32. The Morgan fingerprint density at radius 1 is 1.53 bits per heavy atom. The van der Waals surface area contributed by atoms with Gasteiger partial charge in [-0.1, -0.05) is 13.8 Å². The fourth-order valence-corrected chi connectivity index (χ4v) is 1.63. The van der Waals surface area contributed by atoms with Gasteiger partial charge in [-0.15, -0.1) is 0 Å². The lowest BCUT2D eigenvalue weighted by Crippen LogP contribution is -2.35. The SMILES string of the molecule is Cc1nn(C)cc1C(=O)NCC(O)COCC(C)C. The monoisotopic (exact) mass is 269 g/mol. The molecule has 108 valence electrons. The van der Waals surface area contributed by atoms with Crippen LogP contribution in [-0.4, -0.2) is 46.7 Å². The molecule has 0 spiro atoms. The summed E-state index contributed by atoms with van der Waals surface area (Å²) in [6.45, 7) is 6.86. The van der Waals surface area contributed by atoms with Gasteiger partial charge in [-0.2, -0.15) is 5.10 Å². The molecule has 0 aliphatic heterocycles. The van der Waals surface area contributed by atoms with E-state index in [0.29, 0.717) is 23.8 Å². The van der Waals surface area contributed by atoms with Gasteiger partial charge < -0.3 is 15.2 Å². The quantitative estimate of drug-likeness (QED) is 0.755. The number of amides is 1. The molecule has 1 rings (SSSR count). The molecule has 0 saturated heterocycles. The van der Waals surface area contributed by atoms with E-state index in [0.717, 1.165) is 0 Å². The zero-order valence-corrected chi connectivity index (χ0v) is 12.0. The highest BCUT2D eigenvalue weighted by atomic mass is 16.5. The van der Waals surface area contributed by atoms with Gasteiger partial charge in [-0.05, 0) is 12.8 Å². The first-order chi connectivity index (χ1) is 8.90. The molecule has 1 aromatic heterocycles. The third-order valence-corrected chi connectivity index (χ3v) is 2.52. The summed E-state index contributed by atoms with van der Waals surface area (Å²) in [6.07, 6.45) is 0.964. The first kappa shape index (κ1) is 15.7. The number of aryl methyl sites for hydroxylation is 2. The van der Waals surface area contributed by atoms with E-state index in [1.165, 1.54) is 0 Å². The highest BCUT2D eigenvalue weighted by molar-refractivity contribution is 5.94. The number of hydrogen-bond acceptors (Lipinski definition) is 4. The number of rotatable bonds is 7. The van der Waals surface area contributed by atoms with Crippen molar-refractivity contribution in [3.8, 4) is 0 Å². The highest BCUT2D eigenvalue weighted by Gasteiger charge is 2.13. The van der Waals surface area contributed by atoms with Crippen LogP contribution in [0, 0.1) is 12.8 Å². The number of aliphatic hydroxyl groups excluding tert-OH is 1. The van der Waals surface area contributed by atoms with E-state index in [4.69, 9.17) is 4.74 Å². The van der Waals surface area contributed by atoms with Gasteiger partial charge in [-0.25, -0.2) is 0 Å². The molecule has 1 unspecified atom stereocenters. The van der Waals surface area contributed by atoms with Crippen molar-refractivity contribution in [3.05, 3.63) is 17.5 Å². The number of nitrogens with one attached hydrogen (secondary N) is 1. The van der Waals surface area contributed by atoms with Crippen molar-refractivity contribution in [3.63, 3.8) is 0 Å². The second kappa shape index (κ2) is 7.25. The molecule has 0 bridgehead atoms. The van der Waals surface area contributed by atoms with Crippen molar-refractivity contribution >= 4 is 5.91 Å². The first-order valence-corrected chi connectivity index (χ1v) is 6.44. The number of aliphatic hydroxyl groups is 1. The van der Waals surface area contributed by atoms with Crippen molar-refractivity contribution in [2.75, 3.05) is 19.8 Å². The largest absolute Gasteiger partial charge is 0.389 e. The van der Waals surface area contributed by atoms with Gasteiger partial charge in [-0.3, -0.25) is 9.48 Å². The van der Waals surface area contributed by atoms with Gasteiger partial charge in [0, 0.05) is 26.4 Å². The van der Waals surface area contributed by atoms with E-state index < -0.39 is 6.10 Å². The smallest absolute Gasteiger partial charge is 0.254 e. The second-order valence-corrected chi connectivity index (χ2v) is 5.10. The zero-order valence-electron chi connectivity index (χ0n) is 12.0. The Bertz CT molecular complexity index is 415. The Kier molecular flexibility index (Phi) is 5.98. The van der Waals surface area contributed by atoms with E-state index in [2.05, 4.69) is 10.4 Å². The standard InChI is InChI=1S/C13H23N3O3/c1-9(2)7-19-8-11(17)5-14-13(18)12-6-16(4)15-10(12)3/h6,9,11,17H,5,7-8H2,1-4H3,(H,14,18). The molecule has 6 nitrogen and oxygen atoms in total. The highest BCUT2D eigenvalue weighted by Crippen LogP contribution is 2.04. The number of hydrogen-bond donors (Lipinski definition) is 2. The summed E-state index contributed by atoms with van der Waals surface area (Å²) in [5.74, 6) is 0.202. The van der Waals surface area contributed by atoms with Crippen molar-refractivity contribution in [2.24, 2.45) is 13.0 Å². The van der Waals surface area contributed by atoms with Crippen LogP contribution in [0.25, 0.3) is 0 Å². The van der Waals surface area contributed by atoms with Gasteiger partial charge in [0.2, 0.25) is 0 Å². The summed E-state index contributed by atoms with van der Waals surface area (Å²) in [5.41, 5.74) is 1.20. The van der Waals surface area contributed by atoms with E-state index in [1.54, 1.807) is 24.9 Å². The molecular formula is C13H23N3O3. The normalized spacial score (nSPS) is 12.7. The fourth-order valence-electron chi connectivity index (χ4n) is 1.63. The lowest BCUT2D eigenvalue weighted by molar-refractivity contribution is 0.0259.